The van der Waals surface area contributed by atoms with Crippen molar-refractivity contribution in [2.24, 2.45) is 7.05 Å². The van der Waals surface area contributed by atoms with E-state index in [1.807, 2.05) is 13.8 Å². The molecule has 176 valence electrons. The van der Waals surface area contributed by atoms with Crippen LogP contribution in [0.1, 0.15) is 31.5 Å². The van der Waals surface area contributed by atoms with Crippen LogP contribution in [0, 0.1) is 6.92 Å². The van der Waals surface area contributed by atoms with Crippen molar-refractivity contribution in [2.75, 3.05) is 20.2 Å². The lowest BCUT2D eigenvalue weighted by molar-refractivity contribution is -0.144. The fourth-order valence-corrected chi connectivity index (χ4v) is 3.23. The fourth-order valence-electron chi connectivity index (χ4n) is 2.77. The van der Waals surface area contributed by atoms with Gasteiger partial charge in [-0.1, -0.05) is 23.2 Å². The van der Waals surface area contributed by atoms with Crippen molar-refractivity contribution in [3.63, 3.8) is 0 Å². The number of aliphatic carboxylic acids is 1. The molecule has 2 rings (SSSR count). The van der Waals surface area contributed by atoms with Gasteiger partial charge in [0.2, 0.25) is 5.88 Å². The van der Waals surface area contributed by atoms with E-state index in [9.17, 15) is 9.59 Å². The molecule has 1 N–H and O–H groups in total. The van der Waals surface area contributed by atoms with Crippen LogP contribution >= 0.6 is 23.2 Å². The molecule has 0 saturated heterocycles. The molecule has 0 radical (unpaired) electrons. The third kappa shape index (κ3) is 6.43. The Labute approximate surface area is 196 Å². The number of amides is 1. The van der Waals surface area contributed by atoms with Gasteiger partial charge in [-0.25, -0.2) is 14.3 Å². The highest BCUT2D eigenvalue weighted by atomic mass is 35.5. The number of aryl methyl sites for hydroxylation is 2. The maximum atomic E-state index is 11.8. The standard InChI is InChI=1S/C21H27Cl2N3O6/c1-6-25(4)21(29)30-9-7-8-14-12(2)24-26(5)19(14)32-18-11-17(15(22)10-16(18)23)31-13(3)20(27)28/h10-11,13H,6-9H2,1-5H3,(H,27,28)/t13-/m0/s1. The molecule has 1 aromatic heterocycles. The number of benzene rings is 1. The van der Waals surface area contributed by atoms with Gasteiger partial charge >= 0.3 is 12.1 Å². The highest BCUT2D eigenvalue weighted by Gasteiger charge is 2.20. The Morgan fingerprint density at radius 1 is 1.25 bits per heavy atom. The lowest BCUT2D eigenvalue weighted by Gasteiger charge is -2.16. The van der Waals surface area contributed by atoms with E-state index in [0.29, 0.717) is 25.3 Å². The van der Waals surface area contributed by atoms with Gasteiger partial charge < -0.3 is 24.2 Å². The summed E-state index contributed by atoms with van der Waals surface area (Å²) in [6, 6.07) is 2.87. The van der Waals surface area contributed by atoms with E-state index in [1.54, 1.807) is 18.8 Å². The first-order valence-electron chi connectivity index (χ1n) is 10.0. The third-order valence-electron chi connectivity index (χ3n) is 4.72. The van der Waals surface area contributed by atoms with Crippen molar-refractivity contribution >= 4 is 35.3 Å². The highest BCUT2D eigenvalue weighted by molar-refractivity contribution is 6.36. The Kier molecular flexibility index (Phi) is 9.03. The van der Waals surface area contributed by atoms with Gasteiger partial charge in [0.15, 0.2) is 11.9 Å². The Hall–Kier alpha value is -2.65. The first-order valence-corrected chi connectivity index (χ1v) is 10.8. The molecule has 1 atom stereocenters. The number of rotatable bonds is 10. The number of halogens is 2. The summed E-state index contributed by atoms with van der Waals surface area (Å²) < 4.78 is 18.2. The van der Waals surface area contributed by atoms with E-state index >= 15 is 0 Å². The Balaban J connectivity index is 2.18. The summed E-state index contributed by atoms with van der Waals surface area (Å²) in [5.74, 6) is -0.299. The average Bonchev–Trinajstić information content (AvgIpc) is 3.00. The molecule has 0 aliphatic carbocycles. The topological polar surface area (TPSA) is 103 Å². The molecule has 1 amide bonds. The largest absolute Gasteiger partial charge is 0.479 e. The molecule has 9 nitrogen and oxygen atoms in total. The van der Waals surface area contributed by atoms with Crippen LogP contribution in [0.4, 0.5) is 4.79 Å². The number of hydrogen-bond donors (Lipinski definition) is 1. The molecule has 0 saturated carbocycles. The molecule has 0 bridgehead atoms. The molecule has 0 spiro atoms. The number of carbonyl (C=O) groups is 2. The molecular formula is C21H27Cl2N3O6. The Morgan fingerprint density at radius 2 is 1.91 bits per heavy atom. The number of hydrogen-bond acceptors (Lipinski definition) is 6. The van der Waals surface area contributed by atoms with Gasteiger partial charge in [0.25, 0.3) is 0 Å². The van der Waals surface area contributed by atoms with Crippen molar-refractivity contribution in [3.8, 4) is 17.4 Å². The fraction of sp³-hybridized carbons (Fsp3) is 0.476. The predicted molar refractivity (Wildman–Crippen MR) is 120 cm³/mol. The van der Waals surface area contributed by atoms with Gasteiger partial charge in [-0.15, -0.1) is 0 Å². The maximum Gasteiger partial charge on any atom is 0.409 e. The smallest absolute Gasteiger partial charge is 0.409 e. The molecule has 32 heavy (non-hydrogen) atoms. The van der Waals surface area contributed by atoms with E-state index in [-0.39, 0.29) is 34.2 Å². The minimum Gasteiger partial charge on any atom is -0.479 e. The number of carboxylic acids is 1. The number of ether oxygens (including phenoxy) is 3. The summed E-state index contributed by atoms with van der Waals surface area (Å²) >= 11 is 12.4. The average molecular weight is 488 g/mol. The summed E-state index contributed by atoms with van der Waals surface area (Å²) in [4.78, 5) is 24.4. The summed E-state index contributed by atoms with van der Waals surface area (Å²) in [5.41, 5.74) is 1.60. The van der Waals surface area contributed by atoms with Gasteiger partial charge in [0.1, 0.15) is 5.75 Å². The normalized spacial score (nSPS) is 11.7. The zero-order valence-electron chi connectivity index (χ0n) is 18.6. The summed E-state index contributed by atoms with van der Waals surface area (Å²) in [6.45, 7) is 5.93. The molecule has 2 aromatic rings. The first-order chi connectivity index (χ1) is 15.0. The lowest BCUT2D eigenvalue weighted by atomic mass is 10.1. The maximum absolute atomic E-state index is 11.8. The van der Waals surface area contributed by atoms with Crippen LogP contribution in [0.2, 0.25) is 10.0 Å². The van der Waals surface area contributed by atoms with E-state index in [0.717, 1.165) is 11.3 Å². The van der Waals surface area contributed by atoms with Gasteiger partial charge in [-0.3, -0.25) is 0 Å². The zero-order chi connectivity index (χ0) is 24.0. The van der Waals surface area contributed by atoms with Crippen LogP contribution in [-0.4, -0.2) is 58.2 Å². The minimum absolute atomic E-state index is 0.133. The SMILES string of the molecule is CCN(C)C(=O)OCCCc1c(C)nn(C)c1Oc1cc(O[C@@H](C)C(=O)O)c(Cl)cc1Cl. The van der Waals surface area contributed by atoms with Crippen LogP contribution in [0.25, 0.3) is 0 Å². The zero-order valence-corrected chi connectivity index (χ0v) is 20.2. The quantitative estimate of drug-likeness (QED) is 0.484. The minimum atomic E-state index is -1.13. The Morgan fingerprint density at radius 3 is 2.53 bits per heavy atom. The second-order valence-electron chi connectivity index (χ2n) is 7.14. The van der Waals surface area contributed by atoms with Crippen LogP contribution < -0.4 is 9.47 Å². The van der Waals surface area contributed by atoms with Gasteiger partial charge in [0, 0.05) is 32.3 Å². The van der Waals surface area contributed by atoms with Crippen LogP contribution in [0.3, 0.4) is 0 Å². The second kappa shape index (κ2) is 11.3. The van der Waals surface area contributed by atoms with Gasteiger partial charge in [0.05, 0.1) is 22.3 Å². The molecule has 11 heteroatoms. The van der Waals surface area contributed by atoms with Crippen molar-refractivity contribution in [1.29, 1.82) is 0 Å². The van der Waals surface area contributed by atoms with E-state index in [4.69, 9.17) is 42.5 Å². The van der Waals surface area contributed by atoms with Crippen LogP contribution in [-0.2, 0) is 23.0 Å². The lowest BCUT2D eigenvalue weighted by Crippen LogP contribution is -2.27. The number of nitrogens with zero attached hydrogens (tertiary/aromatic N) is 3. The van der Waals surface area contributed by atoms with E-state index in [2.05, 4.69) is 5.10 Å². The first kappa shape index (κ1) is 25.6. The predicted octanol–water partition coefficient (Wildman–Crippen LogP) is 4.70. The van der Waals surface area contributed by atoms with E-state index < -0.39 is 12.1 Å². The summed E-state index contributed by atoms with van der Waals surface area (Å²) in [5, 5.41) is 13.9. The van der Waals surface area contributed by atoms with Gasteiger partial charge in [-0.2, -0.15) is 5.10 Å². The molecule has 1 heterocycles. The molecule has 0 fully saturated rings. The monoisotopic (exact) mass is 487 g/mol. The number of aromatic nitrogens is 2. The summed E-state index contributed by atoms with van der Waals surface area (Å²) in [7, 11) is 3.40. The third-order valence-corrected chi connectivity index (χ3v) is 5.31. The van der Waals surface area contributed by atoms with Crippen molar-refractivity contribution in [2.45, 2.75) is 39.7 Å². The van der Waals surface area contributed by atoms with Crippen LogP contribution in [0.15, 0.2) is 12.1 Å². The number of carbonyl (C=O) groups excluding carboxylic acids is 1. The van der Waals surface area contributed by atoms with E-state index in [1.165, 1.54) is 24.0 Å². The summed E-state index contributed by atoms with van der Waals surface area (Å²) in [6.07, 6.45) is -0.346. The molecule has 0 aliphatic heterocycles. The van der Waals surface area contributed by atoms with Gasteiger partial charge in [-0.05, 0) is 39.7 Å². The van der Waals surface area contributed by atoms with Crippen molar-refractivity contribution < 1.29 is 28.9 Å². The van der Waals surface area contributed by atoms with Crippen LogP contribution in [0.5, 0.6) is 17.4 Å². The molecular weight excluding hydrogens is 461 g/mol. The second-order valence-corrected chi connectivity index (χ2v) is 7.95. The highest BCUT2D eigenvalue weighted by Crippen LogP contribution is 2.39. The number of carboxylic acid groups (broad SMARTS) is 1. The molecule has 0 aliphatic rings. The molecule has 0 unspecified atom stereocenters. The Bertz CT molecular complexity index is 979. The van der Waals surface area contributed by atoms with Crippen molar-refractivity contribution in [1.82, 2.24) is 14.7 Å². The molecule has 1 aromatic carbocycles. The van der Waals surface area contributed by atoms with Crippen molar-refractivity contribution in [3.05, 3.63) is 33.4 Å².